The number of benzene rings is 2. The number of hydrogen-bond acceptors (Lipinski definition) is 3. The van der Waals surface area contributed by atoms with Gasteiger partial charge < -0.3 is 0 Å². The molecule has 1 aliphatic heterocycles. The normalized spacial score (nSPS) is 15.5. The van der Waals surface area contributed by atoms with E-state index in [4.69, 9.17) is 10.4 Å². The quantitative estimate of drug-likeness (QED) is 0.657. The monoisotopic (exact) mass is 370 g/mol. The van der Waals surface area contributed by atoms with Crippen LogP contribution in [0.4, 0.5) is 0 Å². The first-order valence-electron chi connectivity index (χ1n) is 9.97. The minimum Gasteiger partial charge on any atom is -0.299 e. The van der Waals surface area contributed by atoms with Gasteiger partial charge in [0.15, 0.2) is 0 Å². The van der Waals surface area contributed by atoms with Crippen LogP contribution in [-0.2, 0) is 6.54 Å². The van der Waals surface area contributed by atoms with Crippen molar-refractivity contribution in [3.8, 4) is 23.0 Å². The molecule has 0 spiro atoms. The lowest BCUT2D eigenvalue weighted by Crippen LogP contribution is -2.32. The van der Waals surface area contributed by atoms with Crippen molar-refractivity contribution in [2.75, 3.05) is 13.1 Å². The molecule has 0 unspecified atom stereocenters. The summed E-state index contributed by atoms with van der Waals surface area (Å²) in [4.78, 5) is 2.45. The Kier molecular flexibility index (Phi) is 5.27. The van der Waals surface area contributed by atoms with E-state index in [-0.39, 0.29) is 5.92 Å². The molecule has 0 bridgehead atoms. The molecule has 2 aromatic carbocycles. The Morgan fingerprint density at radius 2 is 1.79 bits per heavy atom. The highest BCUT2D eigenvalue weighted by Crippen LogP contribution is 2.27. The lowest BCUT2D eigenvalue weighted by Gasteiger charge is -2.28. The fourth-order valence-electron chi connectivity index (χ4n) is 3.85. The van der Waals surface area contributed by atoms with Crippen LogP contribution < -0.4 is 0 Å². The van der Waals surface area contributed by atoms with Gasteiger partial charge in [-0.2, -0.15) is 10.4 Å². The van der Waals surface area contributed by atoms with E-state index < -0.39 is 0 Å². The highest BCUT2D eigenvalue weighted by Gasteiger charge is 2.21. The number of nitriles is 1. The third-order valence-electron chi connectivity index (χ3n) is 5.54. The van der Waals surface area contributed by atoms with Gasteiger partial charge >= 0.3 is 0 Å². The molecule has 1 fully saturated rings. The molecule has 2 heterocycles. The van der Waals surface area contributed by atoms with Crippen LogP contribution in [0.5, 0.6) is 0 Å². The number of aryl methyl sites for hydroxylation is 2. The van der Waals surface area contributed by atoms with E-state index in [1.807, 2.05) is 4.68 Å². The van der Waals surface area contributed by atoms with Crippen LogP contribution in [0.3, 0.4) is 0 Å². The fourth-order valence-corrected chi connectivity index (χ4v) is 3.85. The van der Waals surface area contributed by atoms with Crippen molar-refractivity contribution in [3.05, 3.63) is 71.4 Å². The van der Waals surface area contributed by atoms with Crippen LogP contribution in [0.2, 0.25) is 0 Å². The number of hydrogen-bond donors (Lipinski definition) is 0. The average molecular weight is 370 g/mol. The van der Waals surface area contributed by atoms with E-state index in [0.717, 1.165) is 49.4 Å². The predicted molar refractivity (Wildman–Crippen MR) is 112 cm³/mol. The Balaban J connectivity index is 1.67. The second-order valence-electron chi connectivity index (χ2n) is 7.83. The summed E-state index contributed by atoms with van der Waals surface area (Å²) in [5.74, 6) is 0.211. The van der Waals surface area contributed by atoms with Crippen molar-refractivity contribution in [2.45, 2.75) is 33.2 Å². The van der Waals surface area contributed by atoms with Crippen LogP contribution in [0.15, 0.2) is 54.7 Å². The molecule has 0 N–H and O–H groups in total. The molecular weight excluding hydrogens is 344 g/mol. The second-order valence-corrected chi connectivity index (χ2v) is 7.83. The summed E-state index contributed by atoms with van der Waals surface area (Å²) >= 11 is 0. The first kappa shape index (κ1) is 18.5. The number of likely N-dealkylation sites (tertiary alicyclic amines) is 1. The van der Waals surface area contributed by atoms with Crippen LogP contribution in [0.25, 0.3) is 16.9 Å². The van der Waals surface area contributed by atoms with Crippen molar-refractivity contribution in [3.63, 3.8) is 0 Å². The summed E-state index contributed by atoms with van der Waals surface area (Å²) in [7, 11) is 0. The van der Waals surface area contributed by atoms with Crippen molar-refractivity contribution < 1.29 is 0 Å². The van der Waals surface area contributed by atoms with Gasteiger partial charge in [-0.15, -0.1) is 0 Å². The number of aromatic nitrogens is 2. The zero-order valence-corrected chi connectivity index (χ0v) is 16.6. The van der Waals surface area contributed by atoms with Gasteiger partial charge in [0, 0.05) is 29.8 Å². The van der Waals surface area contributed by atoms with Gasteiger partial charge in [0.2, 0.25) is 0 Å². The summed E-state index contributed by atoms with van der Waals surface area (Å²) in [6, 6.07) is 19.4. The highest BCUT2D eigenvalue weighted by molar-refractivity contribution is 5.64. The van der Waals surface area contributed by atoms with Crippen molar-refractivity contribution >= 4 is 0 Å². The fraction of sp³-hybridized carbons (Fsp3) is 0.333. The summed E-state index contributed by atoms with van der Waals surface area (Å²) in [5.41, 5.74) is 7.01. The Bertz CT molecular complexity index is 986. The maximum absolute atomic E-state index is 9.15. The van der Waals surface area contributed by atoms with E-state index in [1.165, 1.54) is 16.7 Å². The van der Waals surface area contributed by atoms with Crippen molar-refractivity contribution in [1.29, 1.82) is 5.26 Å². The molecule has 0 amide bonds. The minimum atomic E-state index is 0.211. The summed E-state index contributed by atoms with van der Waals surface area (Å²) in [6.07, 6.45) is 4.09. The number of piperidine rings is 1. The smallest absolute Gasteiger partial charge is 0.0972 e. The maximum Gasteiger partial charge on any atom is 0.0972 e. The number of nitrogens with zero attached hydrogens (tertiary/aromatic N) is 4. The second kappa shape index (κ2) is 8.00. The van der Waals surface area contributed by atoms with E-state index in [9.17, 15) is 0 Å². The van der Waals surface area contributed by atoms with Gasteiger partial charge in [-0.3, -0.25) is 4.90 Å². The van der Waals surface area contributed by atoms with E-state index in [2.05, 4.69) is 79.5 Å². The molecule has 0 atom stereocenters. The molecule has 0 radical (unpaired) electrons. The molecule has 0 aliphatic carbocycles. The van der Waals surface area contributed by atoms with Crippen LogP contribution >= 0.6 is 0 Å². The molecule has 1 aromatic heterocycles. The van der Waals surface area contributed by atoms with E-state index >= 15 is 0 Å². The molecular formula is C24H26N4. The first-order valence-corrected chi connectivity index (χ1v) is 9.97. The largest absolute Gasteiger partial charge is 0.299 e. The third kappa shape index (κ3) is 4.00. The van der Waals surface area contributed by atoms with Gasteiger partial charge in [-0.1, -0.05) is 41.5 Å². The Morgan fingerprint density at radius 1 is 1.04 bits per heavy atom. The topological polar surface area (TPSA) is 44.9 Å². The molecule has 4 heteroatoms. The number of rotatable bonds is 4. The average Bonchev–Trinajstić information content (AvgIpc) is 3.13. The highest BCUT2D eigenvalue weighted by atomic mass is 15.3. The maximum atomic E-state index is 9.15. The standard InChI is InChI=1S/C24H26N4/c1-18-6-8-23(9-7-18)28-17-22(16-27-12-10-20(15-25)11-13-27)24(26-28)21-5-3-4-19(2)14-21/h3-9,14,17,20H,10-13,16H2,1-2H3. The summed E-state index contributed by atoms with van der Waals surface area (Å²) in [5, 5.41) is 14.1. The Hall–Kier alpha value is -2.90. The van der Waals surface area contributed by atoms with Crippen LogP contribution in [0, 0.1) is 31.1 Å². The molecule has 4 rings (SSSR count). The zero-order valence-electron chi connectivity index (χ0n) is 16.6. The van der Waals surface area contributed by atoms with E-state index in [1.54, 1.807) is 0 Å². The first-order chi connectivity index (χ1) is 13.6. The Labute approximate surface area is 167 Å². The van der Waals surface area contributed by atoms with Gasteiger partial charge in [0.1, 0.15) is 0 Å². The van der Waals surface area contributed by atoms with Gasteiger partial charge in [-0.25, -0.2) is 4.68 Å². The van der Waals surface area contributed by atoms with Crippen molar-refractivity contribution in [1.82, 2.24) is 14.7 Å². The molecule has 142 valence electrons. The van der Waals surface area contributed by atoms with Gasteiger partial charge in [-0.05, 0) is 58.0 Å². The molecule has 0 saturated carbocycles. The molecule has 1 aliphatic rings. The lowest BCUT2D eigenvalue weighted by molar-refractivity contribution is 0.198. The van der Waals surface area contributed by atoms with Crippen LogP contribution in [0.1, 0.15) is 29.5 Å². The SMILES string of the molecule is Cc1ccc(-n2cc(CN3CCC(C#N)CC3)c(-c3cccc(C)c3)n2)cc1. The lowest BCUT2D eigenvalue weighted by atomic mass is 9.98. The molecule has 3 aromatic rings. The minimum absolute atomic E-state index is 0.211. The molecule has 1 saturated heterocycles. The van der Waals surface area contributed by atoms with Crippen LogP contribution in [-0.4, -0.2) is 27.8 Å². The summed E-state index contributed by atoms with van der Waals surface area (Å²) in [6.45, 7) is 7.03. The Morgan fingerprint density at radius 3 is 2.46 bits per heavy atom. The zero-order chi connectivity index (χ0) is 19.5. The molecule has 4 nitrogen and oxygen atoms in total. The van der Waals surface area contributed by atoms with Gasteiger partial charge in [0.05, 0.1) is 17.5 Å². The van der Waals surface area contributed by atoms with Crippen molar-refractivity contribution in [2.24, 2.45) is 5.92 Å². The predicted octanol–water partition coefficient (Wildman–Crippen LogP) is 4.89. The van der Waals surface area contributed by atoms with E-state index in [0.29, 0.717) is 0 Å². The van der Waals surface area contributed by atoms with Gasteiger partial charge in [0.25, 0.3) is 0 Å². The summed E-state index contributed by atoms with van der Waals surface area (Å²) < 4.78 is 1.99. The third-order valence-corrected chi connectivity index (χ3v) is 5.54. The molecule has 28 heavy (non-hydrogen) atoms.